The van der Waals surface area contributed by atoms with Crippen LogP contribution in [-0.4, -0.2) is 29.9 Å². The van der Waals surface area contributed by atoms with E-state index in [4.69, 9.17) is 19.9 Å². The normalized spacial score (nSPS) is 11.0. The van der Waals surface area contributed by atoms with Gasteiger partial charge in [-0.15, -0.1) is 0 Å². The fourth-order valence-corrected chi connectivity index (χ4v) is 5.65. The number of fused-ring (bicyclic) bond motifs is 1. The number of pyridine rings is 4. The molecule has 0 aliphatic carbocycles. The van der Waals surface area contributed by atoms with E-state index in [1.165, 1.54) is 0 Å². The lowest BCUT2D eigenvalue weighted by Crippen LogP contribution is -1.99. The first-order valence-corrected chi connectivity index (χ1v) is 15.0. The standard InChI is InChI=1S/C40H26N6/c1-3-9-27(10-4-1)33-21-34(28-11-5-2-6-12-28)39-35(22-33)38(31-15-17-36(43-25-31)29-13-7-19-41-23-29)45-40(46-39)32-16-18-37(44-26-32)30-14-8-20-42-24-30/h1-26H. The summed E-state index contributed by atoms with van der Waals surface area (Å²) >= 11 is 0. The summed E-state index contributed by atoms with van der Waals surface area (Å²) in [4.78, 5) is 28.5. The predicted octanol–water partition coefficient (Wildman–Crippen LogP) is 9.21. The van der Waals surface area contributed by atoms with Gasteiger partial charge in [0, 0.05) is 70.4 Å². The van der Waals surface area contributed by atoms with Crippen molar-refractivity contribution in [2.24, 2.45) is 0 Å². The maximum absolute atomic E-state index is 5.22. The Morgan fingerprint density at radius 1 is 0.391 bits per heavy atom. The summed E-state index contributed by atoms with van der Waals surface area (Å²) in [6, 6.07) is 41.1. The molecular weight excluding hydrogens is 564 g/mol. The summed E-state index contributed by atoms with van der Waals surface area (Å²) in [5.41, 5.74) is 11.3. The van der Waals surface area contributed by atoms with Crippen molar-refractivity contribution < 1.29 is 0 Å². The Kier molecular flexibility index (Phi) is 7.05. The molecule has 46 heavy (non-hydrogen) atoms. The van der Waals surface area contributed by atoms with Gasteiger partial charge in [0.15, 0.2) is 5.82 Å². The second-order valence-corrected chi connectivity index (χ2v) is 10.9. The topological polar surface area (TPSA) is 77.3 Å². The summed E-state index contributed by atoms with van der Waals surface area (Å²) in [5.74, 6) is 0.591. The van der Waals surface area contributed by atoms with Gasteiger partial charge < -0.3 is 0 Å². The first-order valence-electron chi connectivity index (χ1n) is 15.0. The number of aromatic nitrogens is 6. The monoisotopic (exact) mass is 590 g/mol. The minimum absolute atomic E-state index is 0.591. The van der Waals surface area contributed by atoms with E-state index in [2.05, 4.69) is 76.7 Å². The van der Waals surface area contributed by atoms with Gasteiger partial charge in [0.1, 0.15) is 0 Å². The number of benzene rings is 3. The maximum Gasteiger partial charge on any atom is 0.162 e. The van der Waals surface area contributed by atoms with Crippen molar-refractivity contribution in [2.75, 3.05) is 0 Å². The van der Waals surface area contributed by atoms with Crippen molar-refractivity contribution in [2.45, 2.75) is 0 Å². The van der Waals surface area contributed by atoms with E-state index in [1.54, 1.807) is 12.4 Å². The quantitative estimate of drug-likeness (QED) is 0.192. The zero-order valence-corrected chi connectivity index (χ0v) is 24.7. The van der Waals surface area contributed by atoms with Crippen molar-refractivity contribution in [3.8, 4) is 67.4 Å². The molecule has 6 heteroatoms. The van der Waals surface area contributed by atoms with E-state index in [1.807, 2.05) is 79.4 Å². The summed E-state index contributed by atoms with van der Waals surface area (Å²) in [5, 5.41) is 0.944. The van der Waals surface area contributed by atoms with Gasteiger partial charge in [-0.05, 0) is 77.4 Å². The molecule has 0 amide bonds. The Morgan fingerprint density at radius 2 is 0.978 bits per heavy atom. The lowest BCUT2D eigenvalue weighted by Gasteiger charge is -2.15. The van der Waals surface area contributed by atoms with E-state index in [0.29, 0.717) is 5.82 Å². The molecule has 8 rings (SSSR count). The summed E-state index contributed by atoms with van der Waals surface area (Å²) in [7, 11) is 0. The van der Waals surface area contributed by atoms with E-state index in [9.17, 15) is 0 Å². The third kappa shape index (κ3) is 5.29. The Bertz CT molecular complexity index is 2260. The first kappa shape index (κ1) is 27.2. The lowest BCUT2D eigenvalue weighted by atomic mass is 9.94. The molecule has 0 fully saturated rings. The van der Waals surface area contributed by atoms with Crippen molar-refractivity contribution >= 4 is 10.9 Å². The molecule has 5 aromatic heterocycles. The van der Waals surface area contributed by atoms with Crippen LogP contribution in [0.15, 0.2) is 159 Å². The Labute approximate surface area is 266 Å². The molecule has 216 valence electrons. The van der Waals surface area contributed by atoms with Crippen molar-refractivity contribution in [3.63, 3.8) is 0 Å². The number of hydrogen-bond acceptors (Lipinski definition) is 6. The van der Waals surface area contributed by atoms with Gasteiger partial charge >= 0.3 is 0 Å². The van der Waals surface area contributed by atoms with Gasteiger partial charge in [0.25, 0.3) is 0 Å². The molecule has 0 aliphatic rings. The second-order valence-electron chi connectivity index (χ2n) is 10.9. The van der Waals surface area contributed by atoms with Crippen LogP contribution in [-0.2, 0) is 0 Å². The molecule has 8 aromatic rings. The van der Waals surface area contributed by atoms with Gasteiger partial charge in [-0.1, -0.05) is 60.7 Å². The van der Waals surface area contributed by atoms with E-state index < -0.39 is 0 Å². The minimum atomic E-state index is 0.591. The molecule has 0 atom stereocenters. The third-order valence-electron chi connectivity index (χ3n) is 7.97. The Morgan fingerprint density at radius 3 is 1.54 bits per heavy atom. The first-order chi connectivity index (χ1) is 22.8. The average molecular weight is 591 g/mol. The average Bonchev–Trinajstić information content (AvgIpc) is 3.15. The predicted molar refractivity (Wildman–Crippen MR) is 183 cm³/mol. The molecule has 5 heterocycles. The molecule has 0 bridgehead atoms. The molecule has 3 aromatic carbocycles. The number of rotatable bonds is 6. The zero-order valence-electron chi connectivity index (χ0n) is 24.7. The Balaban J connectivity index is 1.36. The Hall–Kier alpha value is -6.40. The molecule has 0 aliphatic heterocycles. The highest BCUT2D eigenvalue weighted by molar-refractivity contribution is 6.04. The van der Waals surface area contributed by atoms with Crippen LogP contribution in [0.25, 0.3) is 78.3 Å². The van der Waals surface area contributed by atoms with Gasteiger partial charge in [-0.25, -0.2) is 9.97 Å². The molecule has 0 radical (unpaired) electrons. The van der Waals surface area contributed by atoms with Crippen LogP contribution in [0.3, 0.4) is 0 Å². The molecule has 0 saturated carbocycles. The van der Waals surface area contributed by atoms with E-state index >= 15 is 0 Å². The zero-order chi connectivity index (χ0) is 30.7. The fraction of sp³-hybridized carbons (Fsp3) is 0. The summed E-state index contributed by atoms with van der Waals surface area (Å²) < 4.78 is 0. The van der Waals surface area contributed by atoms with Crippen LogP contribution in [0.4, 0.5) is 0 Å². The molecule has 6 nitrogen and oxygen atoms in total. The molecule has 0 spiro atoms. The van der Waals surface area contributed by atoms with Gasteiger partial charge in [-0.3, -0.25) is 19.9 Å². The summed E-state index contributed by atoms with van der Waals surface area (Å²) in [6.45, 7) is 0. The van der Waals surface area contributed by atoms with Crippen molar-refractivity contribution in [1.82, 2.24) is 29.9 Å². The van der Waals surface area contributed by atoms with E-state index in [-0.39, 0.29) is 0 Å². The second kappa shape index (κ2) is 11.9. The minimum Gasteiger partial charge on any atom is -0.264 e. The van der Waals surface area contributed by atoms with Crippen molar-refractivity contribution in [1.29, 1.82) is 0 Å². The number of hydrogen-bond donors (Lipinski definition) is 0. The maximum atomic E-state index is 5.22. The number of nitrogens with zero attached hydrogens (tertiary/aromatic N) is 6. The van der Waals surface area contributed by atoms with Gasteiger partial charge in [-0.2, -0.15) is 0 Å². The summed E-state index contributed by atoms with van der Waals surface area (Å²) in [6.07, 6.45) is 10.9. The van der Waals surface area contributed by atoms with Crippen LogP contribution in [0.1, 0.15) is 0 Å². The largest absolute Gasteiger partial charge is 0.264 e. The van der Waals surface area contributed by atoms with Gasteiger partial charge in [0.05, 0.1) is 22.6 Å². The highest BCUT2D eigenvalue weighted by Gasteiger charge is 2.18. The van der Waals surface area contributed by atoms with Gasteiger partial charge in [0.2, 0.25) is 0 Å². The highest BCUT2D eigenvalue weighted by atomic mass is 14.9. The highest BCUT2D eigenvalue weighted by Crippen LogP contribution is 2.38. The smallest absolute Gasteiger partial charge is 0.162 e. The van der Waals surface area contributed by atoms with Crippen LogP contribution >= 0.6 is 0 Å². The van der Waals surface area contributed by atoms with Crippen LogP contribution < -0.4 is 0 Å². The van der Waals surface area contributed by atoms with Crippen LogP contribution in [0, 0.1) is 0 Å². The van der Waals surface area contributed by atoms with Crippen LogP contribution in [0.2, 0.25) is 0 Å². The lowest BCUT2D eigenvalue weighted by molar-refractivity contribution is 1.20. The molecule has 0 saturated heterocycles. The third-order valence-corrected chi connectivity index (χ3v) is 7.97. The molecular formula is C40H26N6. The van der Waals surface area contributed by atoms with Crippen molar-refractivity contribution in [3.05, 3.63) is 159 Å². The van der Waals surface area contributed by atoms with E-state index in [0.717, 1.165) is 72.5 Å². The molecule has 0 unspecified atom stereocenters. The molecule has 0 N–H and O–H groups in total. The fourth-order valence-electron chi connectivity index (χ4n) is 5.65. The SMILES string of the molecule is c1ccc(-c2cc(-c3ccccc3)c3nc(-c4ccc(-c5cccnc5)nc4)nc(-c4ccc(-c5cccnc5)nc4)c3c2)cc1. The van der Waals surface area contributed by atoms with Crippen LogP contribution in [0.5, 0.6) is 0 Å².